The molecule has 2 unspecified atom stereocenters. The first-order valence-electron chi connectivity index (χ1n) is 4.27. The Morgan fingerprint density at radius 3 is 1.86 bits per heavy atom. The van der Waals surface area contributed by atoms with Gasteiger partial charge < -0.3 is 0 Å². The van der Waals surface area contributed by atoms with E-state index in [1.54, 1.807) is 3.77 Å². The van der Waals surface area contributed by atoms with E-state index in [-0.39, 0.29) is 51.4 Å². The molecule has 2 atom stereocenters. The molecular weight excluding hydrogens is 417 g/mol. The standard InChI is InChI=1S/C5H6F6N2O5S3.K/c1-2-3-19(14,15)12-21(17,5(8,9)10)13-20(16,18-11)4(6)7;/h2,4H,1,3H2;/q;+1. The second kappa shape index (κ2) is 8.74. The molecule has 126 valence electrons. The van der Waals surface area contributed by atoms with Gasteiger partial charge in [-0.15, -0.1) is 6.58 Å². The zero-order valence-electron chi connectivity index (χ0n) is 10.5. The van der Waals surface area contributed by atoms with E-state index < -0.39 is 47.0 Å². The summed E-state index contributed by atoms with van der Waals surface area (Å²) in [5.74, 6) is -5.69. The van der Waals surface area contributed by atoms with E-state index in [1.165, 1.54) is 3.77 Å². The monoisotopic (exact) mass is 423 g/mol. The normalized spacial score (nSPS) is 17.8. The Balaban J connectivity index is 0. The van der Waals surface area contributed by atoms with Crippen molar-refractivity contribution in [3.63, 3.8) is 0 Å². The summed E-state index contributed by atoms with van der Waals surface area (Å²) in [6, 6.07) is 0. The van der Waals surface area contributed by atoms with Crippen LogP contribution in [0.25, 0.3) is 0 Å². The molecule has 0 saturated carbocycles. The van der Waals surface area contributed by atoms with Crippen molar-refractivity contribution in [3.8, 4) is 0 Å². The quantitative estimate of drug-likeness (QED) is 0.307. The fraction of sp³-hybridized carbons (Fsp3) is 0.600. The van der Waals surface area contributed by atoms with Gasteiger partial charge in [-0.05, 0) is 4.53 Å². The van der Waals surface area contributed by atoms with Crippen LogP contribution in [0.3, 0.4) is 0 Å². The molecule has 0 aromatic rings. The fourth-order valence-electron chi connectivity index (χ4n) is 0.644. The molecule has 17 heteroatoms. The van der Waals surface area contributed by atoms with E-state index in [0.29, 0.717) is 6.08 Å². The fourth-order valence-corrected chi connectivity index (χ4v) is 4.98. The minimum Gasteiger partial charge on any atom is -0.215 e. The minimum atomic E-state index is -6.41. The molecule has 0 spiro atoms. The van der Waals surface area contributed by atoms with Crippen LogP contribution in [0, 0.1) is 0 Å². The van der Waals surface area contributed by atoms with Crippen LogP contribution < -0.4 is 51.4 Å². The molecule has 0 rings (SSSR count). The Labute approximate surface area is 164 Å². The average molecular weight is 423 g/mol. The van der Waals surface area contributed by atoms with Gasteiger partial charge in [0.2, 0.25) is 0 Å². The molecule has 7 nitrogen and oxygen atoms in total. The largest absolute Gasteiger partial charge is 1.00 e. The van der Waals surface area contributed by atoms with Crippen molar-refractivity contribution in [1.82, 2.24) is 0 Å². The molecular formula is C5H6F6KN2O5S3+. The van der Waals surface area contributed by atoms with Gasteiger partial charge in [0, 0.05) is 0 Å². The molecule has 0 radical (unpaired) electrons. The van der Waals surface area contributed by atoms with Crippen LogP contribution in [0.1, 0.15) is 0 Å². The predicted molar refractivity (Wildman–Crippen MR) is 59.4 cm³/mol. The Kier molecular flexibility index (Phi) is 9.94. The van der Waals surface area contributed by atoms with Gasteiger partial charge >= 0.3 is 62.7 Å². The summed E-state index contributed by atoms with van der Waals surface area (Å²) in [6.45, 7) is 2.85. The van der Waals surface area contributed by atoms with Crippen LogP contribution in [0.15, 0.2) is 20.2 Å². The van der Waals surface area contributed by atoms with Gasteiger partial charge in [-0.2, -0.15) is 22.0 Å². The molecule has 0 bridgehead atoms. The van der Waals surface area contributed by atoms with Crippen molar-refractivity contribution in [2.75, 3.05) is 5.75 Å². The molecule has 0 amide bonds. The molecule has 0 N–H and O–H groups in total. The summed E-state index contributed by atoms with van der Waals surface area (Å²) in [4.78, 5) is 0. The van der Waals surface area contributed by atoms with Crippen molar-refractivity contribution >= 4 is 29.9 Å². The van der Waals surface area contributed by atoms with Crippen molar-refractivity contribution in [3.05, 3.63) is 12.7 Å². The van der Waals surface area contributed by atoms with Gasteiger partial charge in [-0.25, -0.2) is 16.8 Å². The zero-order valence-corrected chi connectivity index (χ0v) is 16.1. The van der Waals surface area contributed by atoms with Crippen LogP contribution in [0.2, 0.25) is 0 Å². The van der Waals surface area contributed by atoms with Gasteiger partial charge in [0.05, 0.1) is 5.75 Å². The molecule has 0 aliphatic heterocycles. The number of sulfonamides is 1. The molecule has 0 saturated heterocycles. The van der Waals surface area contributed by atoms with E-state index in [4.69, 9.17) is 0 Å². The molecule has 0 aliphatic carbocycles. The van der Waals surface area contributed by atoms with Crippen molar-refractivity contribution in [1.29, 1.82) is 0 Å². The van der Waals surface area contributed by atoms with E-state index in [2.05, 4.69) is 11.0 Å². The smallest absolute Gasteiger partial charge is 0.215 e. The number of rotatable bonds is 6. The molecule has 0 aromatic carbocycles. The third-order valence-electron chi connectivity index (χ3n) is 1.36. The Morgan fingerprint density at radius 1 is 1.14 bits per heavy atom. The van der Waals surface area contributed by atoms with E-state index in [1.807, 2.05) is 0 Å². The van der Waals surface area contributed by atoms with Crippen LogP contribution in [0.5, 0.6) is 0 Å². The molecule has 0 fully saturated rings. The summed E-state index contributed by atoms with van der Waals surface area (Å²) >= 11 is 0. The summed E-state index contributed by atoms with van der Waals surface area (Å²) in [7, 11) is -17.5. The van der Waals surface area contributed by atoms with Crippen molar-refractivity contribution in [2.45, 2.75) is 11.3 Å². The number of alkyl halides is 5. The Morgan fingerprint density at radius 2 is 1.59 bits per heavy atom. The molecule has 22 heavy (non-hydrogen) atoms. The second-order valence-corrected chi connectivity index (χ2v) is 8.63. The van der Waals surface area contributed by atoms with Gasteiger partial charge in [-0.1, -0.05) is 18.0 Å². The number of nitrogens with zero attached hydrogens (tertiary/aromatic N) is 2. The van der Waals surface area contributed by atoms with E-state index in [0.717, 1.165) is 0 Å². The third kappa shape index (κ3) is 6.71. The predicted octanol–water partition coefficient (Wildman–Crippen LogP) is -1.08. The van der Waals surface area contributed by atoms with Crippen LogP contribution >= 0.6 is 0 Å². The SMILES string of the molecule is C=CCS(=O)(=O)N=S(=O)(N=S(=O)(OF)C(F)F)C(F)(F)F.[K+]. The van der Waals surface area contributed by atoms with Crippen LogP contribution in [-0.2, 0) is 34.3 Å². The second-order valence-electron chi connectivity index (χ2n) is 2.97. The first-order chi connectivity index (χ1) is 9.23. The van der Waals surface area contributed by atoms with Gasteiger partial charge in [-0.3, -0.25) is 0 Å². The van der Waals surface area contributed by atoms with E-state index in [9.17, 15) is 43.3 Å². The summed E-state index contributed by atoms with van der Waals surface area (Å²) in [6.07, 6.45) is 0.547. The molecule has 0 aliphatic rings. The topological polar surface area (TPSA) is 102 Å². The zero-order chi connectivity index (χ0) is 17.1. The summed E-state index contributed by atoms with van der Waals surface area (Å²) < 4.78 is 123. The van der Waals surface area contributed by atoms with Crippen LogP contribution in [-0.4, -0.2) is 33.9 Å². The maximum Gasteiger partial charge on any atom is 1.00 e. The first-order valence-corrected chi connectivity index (χ1v) is 8.85. The first kappa shape index (κ1) is 25.0. The van der Waals surface area contributed by atoms with Crippen molar-refractivity contribution < 1.29 is 99.1 Å². The maximum atomic E-state index is 12.5. The molecule has 0 aromatic heterocycles. The minimum absolute atomic E-state index is 0. The van der Waals surface area contributed by atoms with Gasteiger partial charge in [0.1, 0.15) is 0 Å². The maximum absolute atomic E-state index is 12.5. The molecule has 0 heterocycles. The number of hydrogen-bond donors (Lipinski definition) is 0. The number of hydrogen-bond acceptors (Lipinski definition) is 5. The van der Waals surface area contributed by atoms with Gasteiger partial charge in [0.15, 0.2) is 0 Å². The van der Waals surface area contributed by atoms with Crippen molar-refractivity contribution in [2.24, 2.45) is 7.54 Å². The summed E-state index contributed by atoms with van der Waals surface area (Å²) in [5.41, 5.74) is -6.13. The Bertz CT molecular complexity index is 730. The van der Waals surface area contributed by atoms with Gasteiger partial charge in [0.25, 0.3) is 29.9 Å². The summed E-state index contributed by atoms with van der Waals surface area (Å²) in [5, 5.41) is 0. The Hall–Kier alpha value is 0.766. The van der Waals surface area contributed by atoms with Crippen LogP contribution in [0.4, 0.5) is 26.5 Å². The van der Waals surface area contributed by atoms with E-state index >= 15 is 0 Å². The average Bonchev–Trinajstić information content (AvgIpc) is 2.25. The third-order valence-corrected chi connectivity index (χ3v) is 6.61. The number of halogens is 6.